The quantitative estimate of drug-likeness (QED) is 0.372. The Labute approximate surface area is 213 Å². The van der Waals surface area contributed by atoms with E-state index in [4.69, 9.17) is 9.47 Å². The third-order valence-electron chi connectivity index (χ3n) is 6.16. The van der Waals surface area contributed by atoms with Gasteiger partial charge in [-0.05, 0) is 54.1 Å². The number of fused-ring (bicyclic) bond motifs is 1. The number of hydrogen-bond acceptors (Lipinski definition) is 6. The maximum absolute atomic E-state index is 13.4. The summed E-state index contributed by atoms with van der Waals surface area (Å²) in [7, 11) is 0. The number of rotatable bonds is 7. The molecule has 0 bridgehead atoms. The van der Waals surface area contributed by atoms with E-state index in [1.165, 1.54) is 12.1 Å². The van der Waals surface area contributed by atoms with E-state index in [-0.39, 0.29) is 11.4 Å². The Balaban J connectivity index is 1.23. The molecule has 0 aliphatic carbocycles. The molecule has 1 aliphatic rings. The lowest BCUT2D eigenvalue weighted by atomic mass is 10.0. The first-order valence-electron chi connectivity index (χ1n) is 12.1. The minimum Gasteiger partial charge on any atom is -0.452 e. The van der Waals surface area contributed by atoms with Crippen LogP contribution >= 0.6 is 0 Å². The Bertz CT molecular complexity index is 1400. The van der Waals surface area contributed by atoms with Crippen LogP contribution < -0.4 is 5.32 Å². The Kier molecular flexibility index (Phi) is 7.49. The number of benzene rings is 3. The molecule has 0 spiro atoms. The fourth-order valence-electron chi connectivity index (χ4n) is 4.23. The van der Waals surface area contributed by atoms with Crippen LogP contribution in [-0.4, -0.2) is 54.7 Å². The average molecular weight is 500 g/mol. The number of amides is 1. The molecule has 1 aromatic heterocycles. The standard InChI is InChI=1S/C29H26FN3O4/c30-22-9-7-21(8-10-22)27-17-25(24-3-1-2-4-26(24)32-27)29(35)37-19-28(34)31-23-11-5-20(6-12-23)18-33-13-15-36-16-14-33/h1-12,17H,13-16,18-19H2,(H,31,34). The van der Waals surface area contributed by atoms with Crippen molar-refractivity contribution in [3.63, 3.8) is 0 Å². The summed E-state index contributed by atoms with van der Waals surface area (Å²) in [5.41, 5.74) is 3.82. The number of anilines is 1. The second-order valence-corrected chi connectivity index (χ2v) is 8.79. The van der Waals surface area contributed by atoms with Gasteiger partial charge in [-0.1, -0.05) is 30.3 Å². The van der Waals surface area contributed by atoms with Crippen LogP contribution in [0, 0.1) is 5.82 Å². The number of esters is 1. The molecule has 7 nitrogen and oxygen atoms in total. The molecule has 37 heavy (non-hydrogen) atoms. The number of nitrogens with zero attached hydrogens (tertiary/aromatic N) is 2. The summed E-state index contributed by atoms with van der Waals surface area (Å²) in [5, 5.41) is 3.37. The molecule has 1 amide bonds. The van der Waals surface area contributed by atoms with Crippen LogP contribution in [0.1, 0.15) is 15.9 Å². The highest BCUT2D eigenvalue weighted by Crippen LogP contribution is 2.25. The minimum absolute atomic E-state index is 0.283. The van der Waals surface area contributed by atoms with E-state index < -0.39 is 18.5 Å². The van der Waals surface area contributed by atoms with Gasteiger partial charge >= 0.3 is 5.97 Å². The zero-order valence-electron chi connectivity index (χ0n) is 20.2. The van der Waals surface area contributed by atoms with Gasteiger partial charge in [0.25, 0.3) is 5.91 Å². The van der Waals surface area contributed by atoms with Crippen LogP contribution in [0.3, 0.4) is 0 Å². The molecule has 0 saturated carbocycles. The first-order chi connectivity index (χ1) is 18.0. The number of nitrogens with one attached hydrogen (secondary N) is 1. The second-order valence-electron chi connectivity index (χ2n) is 8.79. The van der Waals surface area contributed by atoms with Gasteiger partial charge in [-0.25, -0.2) is 14.2 Å². The van der Waals surface area contributed by atoms with Gasteiger partial charge in [0.05, 0.1) is 30.0 Å². The fourth-order valence-corrected chi connectivity index (χ4v) is 4.23. The van der Waals surface area contributed by atoms with Gasteiger partial charge in [0.1, 0.15) is 5.82 Å². The molecule has 0 unspecified atom stereocenters. The van der Waals surface area contributed by atoms with Crippen molar-refractivity contribution in [2.45, 2.75) is 6.54 Å². The van der Waals surface area contributed by atoms with Crippen LogP contribution in [0.15, 0.2) is 78.9 Å². The van der Waals surface area contributed by atoms with Gasteiger partial charge in [0.15, 0.2) is 6.61 Å². The van der Waals surface area contributed by atoms with Crippen LogP contribution in [0.2, 0.25) is 0 Å². The zero-order chi connectivity index (χ0) is 25.6. The van der Waals surface area contributed by atoms with E-state index in [9.17, 15) is 14.0 Å². The number of pyridine rings is 1. The predicted molar refractivity (Wildman–Crippen MR) is 139 cm³/mol. The molecule has 4 aromatic rings. The largest absolute Gasteiger partial charge is 0.452 e. The molecule has 3 aromatic carbocycles. The molecule has 5 rings (SSSR count). The molecule has 1 aliphatic heterocycles. The highest BCUT2D eigenvalue weighted by atomic mass is 19.1. The molecule has 1 N–H and O–H groups in total. The lowest BCUT2D eigenvalue weighted by molar-refractivity contribution is -0.119. The lowest BCUT2D eigenvalue weighted by Gasteiger charge is -2.26. The summed E-state index contributed by atoms with van der Waals surface area (Å²) in [6.45, 7) is 3.70. The van der Waals surface area contributed by atoms with E-state index in [0.29, 0.717) is 27.8 Å². The topological polar surface area (TPSA) is 80.8 Å². The van der Waals surface area contributed by atoms with Crippen molar-refractivity contribution in [1.82, 2.24) is 9.88 Å². The van der Waals surface area contributed by atoms with Crippen molar-refractivity contribution in [3.8, 4) is 11.3 Å². The SMILES string of the molecule is O=C(COC(=O)c1cc(-c2ccc(F)cc2)nc2ccccc12)Nc1ccc(CN2CCOCC2)cc1. The number of para-hydroxylation sites is 1. The minimum atomic E-state index is -0.641. The lowest BCUT2D eigenvalue weighted by Crippen LogP contribution is -2.35. The molecular formula is C29H26FN3O4. The molecule has 2 heterocycles. The molecular weight excluding hydrogens is 473 g/mol. The van der Waals surface area contributed by atoms with Crippen molar-refractivity contribution < 1.29 is 23.5 Å². The van der Waals surface area contributed by atoms with Crippen LogP contribution in [0.25, 0.3) is 22.2 Å². The third kappa shape index (κ3) is 6.17. The van der Waals surface area contributed by atoms with Gasteiger partial charge < -0.3 is 14.8 Å². The predicted octanol–water partition coefficient (Wildman–Crippen LogP) is 4.67. The van der Waals surface area contributed by atoms with Crippen molar-refractivity contribution in [1.29, 1.82) is 0 Å². The summed E-state index contributed by atoms with van der Waals surface area (Å²) in [4.78, 5) is 32.4. The number of ether oxygens (including phenoxy) is 2. The Morgan fingerprint density at radius 2 is 1.70 bits per heavy atom. The van der Waals surface area contributed by atoms with Crippen molar-refractivity contribution >= 4 is 28.5 Å². The summed E-state index contributed by atoms with van der Waals surface area (Å²) >= 11 is 0. The Hall–Kier alpha value is -4.14. The van der Waals surface area contributed by atoms with Crippen LogP contribution in [0.5, 0.6) is 0 Å². The first kappa shape index (κ1) is 24.5. The first-order valence-corrected chi connectivity index (χ1v) is 12.1. The monoisotopic (exact) mass is 499 g/mol. The number of hydrogen-bond donors (Lipinski definition) is 1. The summed E-state index contributed by atoms with van der Waals surface area (Å²) in [6, 6.07) is 22.3. The van der Waals surface area contributed by atoms with Gasteiger partial charge in [-0.15, -0.1) is 0 Å². The Morgan fingerprint density at radius 1 is 0.973 bits per heavy atom. The summed E-state index contributed by atoms with van der Waals surface area (Å²) < 4.78 is 24.1. The number of carbonyl (C=O) groups excluding carboxylic acids is 2. The van der Waals surface area contributed by atoms with E-state index in [0.717, 1.165) is 38.4 Å². The molecule has 8 heteroatoms. The number of morpholine rings is 1. The molecule has 1 fully saturated rings. The molecule has 0 atom stereocenters. The van der Waals surface area contributed by atoms with Gasteiger partial charge in [-0.3, -0.25) is 9.69 Å². The fraction of sp³-hybridized carbons (Fsp3) is 0.207. The highest BCUT2D eigenvalue weighted by molar-refractivity contribution is 6.05. The second kappa shape index (κ2) is 11.3. The van der Waals surface area contributed by atoms with E-state index in [2.05, 4.69) is 15.2 Å². The maximum Gasteiger partial charge on any atom is 0.339 e. The normalized spacial score (nSPS) is 13.9. The third-order valence-corrected chi connectivity index (χ3v) is 6.16. The molecule has 0 radical (unpaired) electrons. The van der Waals surface area contributed by atoms with E-state index in [1.807, 2.05) is 30.3 Å². The van der Waals surface area contributed by atoms with Gasteiger partial charge in [0, 0.05) is 36.3 Å². The van der Waals surface area contributed by atoms with Crippen molar-refractivity contribution in [2.24, 2.45) is 0 Å². The van der Waals surface area contributed by atoms with E-state index in [1.54, 1.807) is 36.4 Å². The van der Waals surface area contributed by atoms with Gasteiger partial charge in [0.2, 0.25) is 0 Å². The van der Waals surface area contributed by atoms with E-state index >= 15 is 0 Å². The molecule has 188 valence electrons. The number of aromatic nitrogens is 1. The number of halogens is 1. The smallest absolute Gasteiger partial charge is 0.339 e. The van der Waals surface area contributed by atoms with Gasteiger partial charge in [-0.2, -0.15) is 0 Å². The average Bonchev–Trinajstić information content (AvgIpc) is 2.93. The summed E-state index contributed by atoms with van der Waals surface area (Å²) in [5.74, 6) is -1.44. The maximum atomic E-state index is 13.4. The zero-order valence-corrected chi connectivity index (χ0v) is 20.2. The number of carbonyl (C=O) groups is 2. The highest BCUT2D eigenvalue weighted by Gasteiger charge is 2.17. The molecule has 1 saturated heterocycles. The van der Waals surface area contributed by atoms with Crippen LogP contribution in [0.4, 0.5) is 10.1 Å². The summed E-state index contributed by atoms with van der Waals surface area (Å²) in [6.07, 6.45) is 0. The Morgan fingerprint density at radius 3 is 2.46 bits per heavy atom. The van der Waals surface area contributed by atoms with Crippen molar-refractivity contribution in [3.05, 3.63) is 95.8 Å². The van der Waals surface area contributed by atoms with Crippen LogP contribution in [-0.2, 0) is 20.8 Å². The van der Waals surface area contributed by atoms with Crippen molar-refractivity contribution in [2.75, 3.05) is 38.2 Å².